The lowest BCUT2D eigenvalue weighted by Crippen LogP contribution is -2.40. The Morgan fingerprint density at radius 1 is 1.31 bits per heavy atom. The largest absolute Gasteiger partial charge is 0.373 e. The first kappa shape index (κ1) is 10.1. The lowest BCUT2D eigenvalue weighted by Gasteiger charge is -2.38. The summed E-state index contributed by atoms with van der Waals surface area (Å²) in [4.78, 5) is 0. The molecule has 2 fully saturated rings. The van der Waals surface area contributed by atoms with Crippen molar-refractivity contribution in [2.24, 2.45) is 0 Å². The molecule has 4 heteroatoms. The van der Waals surface area contributed by atoms with Crippen LogP contribution in [0.25, 0.3) is 0 Å². The van der Waals surface area contributed by atoms with E-state index in [1.807, 2.05) is 30.6 Å². The molecule has 2 heterocycles. The van der Waals surface area contributed by atoms with Crippen molar-refractivity contribution in [3.63, 3.8) is 0 Å². The number of hydrogen-bond donors (Lipinski definition) is 0. The molecule has 1 unspecified atom stereocenters. The molecule has 0 aromatic heterocycles. The molecule has 0 aliphatic carbocycles. The third kappa shape index (κ3) is 2.01. The molecule has 76 valence electrons. The van der Waals surface area contributed by atoms with Crippen LogP contribution in [-0.2, 0) is 9.47 Å². The van der Waals surface area contributed by atoms with Gasteiger partial charge in [0.15, 0.2) is 4.27 Å². The van der Waals surface area contributed by atoms with Gasteiger partial charge in [0.1, 0.15) is 6.10 Å². The first-order valence-corrected chi connectivity index (χ1v) is 6.79. The van der Waals surface area contributed by atoms with Crippen molar-refractivity contribution in [3.8, 4) is 0 Å². The van der Waals surface area contributed by atoms with Crippen LogP contribution in [0.2, 0.25) is 0 Å². The molecule has 13 heavy (non-hydrogen) atoms. The van der Waals surface area contributed by atoms with Gasteiger partial charge in [0.2, 0.25) is 0 Å². The number of methoxy groups -OCH3 is 1. The normalized spacial score (nSPS) is 33.5. The highest BCUT2D eigenvalue weighted by Gasteiger charge is 2.44. The fourth-order valence-electron chi connectivity index (χ4n) is 1.82. The monoisotopic (exact) mass is 220 g/mol. The van der Waals surface area contributed by atoms with Crippen LogP contribution in [0.15, 0.2) is 0 Å². The smallest absolute Gasteiger partial charge is 0.186 e. The Morgan fingerprint density at radius 3 is 2.62 bits per heavy atom. The average molecular weight is 220 g/mol. The van der Waals surface area contributed by atoms with Crippen molar-refractivity contribution in [2.75, 3.05) is 25.2 Å². The molecule has 1 atom stereocenters. The van der Waals surface area contributed by atoms with Gasteiger partial charge in [-0.15, -0.1) is 23.5 Å². The zero-order valence-corrected chi connectivity index (χ0v) is 9.59. The van der Waals surface area contributed by atoms with Gasteiger partial charge < -0.3 is 9.47 Å². The Labute approximate surface area is 88.1 Å². The van der Waals surface area contributed by atoms with Crippen LogP contribution in [0.1, 0.15) is 19.3 Å². The van der Waals surface area contributed by atoms with Crippen LogP contribution in [0, 0.1) is 0 Å². The Morgan fingerprint density at radius 2 is 2.08 bits per heavy atom. The van der Waals surface area contributed by atoms with Gasteiger partial charge >= 0.3 is 0 Å². The molecule has 0 saturated carbocycles. The van der Waals surface area contributed by atoms with E-state index in [4.69, 9.17) is 9.47 Å². The minimum absolute atomic E-state index is 0.0885. The van der Waals surface area contributed by atoms with E-state index in [1.54, 1.807) is 0 Å². The SMILES string of the molecule is COC1(C2CCCO2)SCCCS1. The molecule has 2 nitrogen and oxygen atoms in total. The lowest BCUT2D eigenvalue weighted by molar-refractivity contribution is 0.000528. The van der Waals surface area contributed by atoms with E-state index < -0.39 is 0 Å². The molecule has 2 aliphatic heterocycles. The minimum atomic E-state index is -0.0885. The van der Waals surface area contributed by atoms with Crippen molar-refractivity contribution in [2.45, 2.75) is 29.6 Å². The summed E-state index contributed by atoms with van der Waals surface area (Å²) >= 11 is 3.85. The highest BCUT2D eigenvalue weighted by atomic mass is 32.2. The highest BCUT2D eigenvalue weighted by Crippen LogP contribution is 2.48. The maximum absolute atomic E-state index is 5.72. The van der Waals surface area contributed by atoms with Crippen molar-refractivity contribution in [1.82, 2.24) is 0 Å². The molecule has 0 spiro atoms. The van der Waals surface area contributed by atoms with Crippen LogP contribution >= 0.6 is 23.5 Å². The predicted molar refractivity (Wildman–Crippen MR) is 58.2 cm³/mol. The predicted octanol–water partition coefficient (Wildman–Crippen LogP) is 2.34. The molecular weight excluding hydrogens is 204 g/mol. The zero-order chi connectivity index (χ0) is 9.15. The summed E-state index contributed by atoms with van der Waals surface area (Å²) in [6.45, 7) is 0.914. The van der Waals surface area contributed by atoms with Crippen LogP contribution in [-0.4, -0.2) is 35.6 Å². The van der Waals surface area contributed by atoms with Crippen molar-refractivity contribution in [1.29, 1.82) is 0 Å². The Hall–Kier alpha value is 0.620. The van der Waals surface area contributed by atoms with Gasteiger partial charge in [-0.25, -0.2) is 0 Å². The third-order valence-electron chi connectivity index (χ3n) is 2.50. The van der Waals surface area contributed by atoms with Crippen LogP contribution in [0.4, 0.5) is 0 Å². The maximum atomic E-state index is 5.72. The van der Waals surface area contributed by atoms with Gasteiger partial charge in [0, 0.05) is 13.7 Å². The average Bonchev–Trinajstić information content (AvgIpc) is 2.72. The molecule has 0 aromatic rings. The van der Waals surface area contributed by atoms with Crippen molar-refractivity contribution < 1.29 is 9.47 Å². The molecule has 0 bridgehead atoms. The van der Waals surface area contributed by atoms with Crippen molar-refractivity contribution in [3.05, 3.63) is 0 Å². The second kappa shape index (κ2) is 4.43. The first-order valence-electron chi connectivity index (χ1n) is 4.82. The topological polar surface area (TPSA) is 18.5 Å². The second-order valence-corrected chi connectivity index (χ2v) is 6.23. The fourth-order valence-corrected chi connectivity index (χ4v) is 4.96. The minimum Gasteiger partial charge on any atom is -0.373 e. The lowest BCUT2D eigenvalue weighted by atomic mass is 10.2. The van der Waals surface area contributed by atoms with E-state index in [2.05, 4.69) is 0 Å². The molecule has 0 radical (unpaired) electrons. The fraction of sp³-hybridized carbons (Fsp3) is 1.00. The second-order valence-electron chi connectivity index (χ2n) is 3.36. The summed E-state index contributed by atoms with van der Waals surface area (Å²) in [5, 5.41) is 0. The van der Waals surface area contributed by atoms with Crippen molar-refractivity contribution >= 4 is 23.5 Å². The standard InChI is InChI=1S/C9H16O2S2/c1-10-9(8-4-2-5-11-8)12-6-3-7-13-9/h8H,2-7H2,1H3. The number of rotatable bonds is 2. The van der Waals surface area contributed by atoms with E-state index in [9.17, 15) is 0 Å². The molecule has 0 N–H and O–H groups in total. The highest BCUT2D eigenvalue weighted by molar-refractivity contribution is 8.18. The summed E-state index contributed by atoms with van der Waals surface area (Å²) in [5.41, 5.74) is 0. The zero-order valence-electron chi connectivity index (χ0n) is 7.95. The number of hydrogen-bond acceptors (Lipinski definition) is 4. The molecule has 0 amide bonds. The number of thioether (sulfide) groups is 2. The molecule has 2 aliphatic rings. The molecule has 2 rings (SSSR count). The Kier molecular flexibility index (Phi) is 3.46. The van der Waals surface area contributed by atoms with Crippen LogP contribution < -0.4 is 0 Å². The van der Waals surface area contributed by atoms with Crippen LogP contribution in [0.5, 0.6) is 0 Å². The summed E-state index contributed by atoms with van der Waals surface area (Å²) in [7, 11) is 1.81. The summed E-state index contributed by atoms with van der Waals surface area (Å²) < 4.78 is 11.3. The first-order chi connectivity index (χ1) is 6.37. The van der Waals surface area contributed by atoms with E-state index in [-0.39, 0.29) is 4.27 Å². The third-order valence-corrected chi connectivity index (χ3v) is 5.86. The quantitative estimate of drug-likeness (QED) is 0.710. The number of ether oxygens (including phenoxy) is 2. The van der Waals surface area contributed by atoms with Gasteiger partial charge in [0.25, 0.3) is 0 Å². The molecular formula is C9H16O2S2. The Balaban J connectivity index is 2.03. The Bertz CT molecular complexity index is 163. The van der Waals surface area contributed by atoms with Gasteiger partial charge in [-0.1, -0.05) is 0 Å². The molecule has 2 saturated heterocycles. The van der Waals surface area contributed by atoms with E-state index in [0.717, 1.165) is 13.0 Å². The van der Waals surface area contributed by atoms with Gasteiger partial charge in [-0.05, 0) is 30.8 Å². The van der Waals surface area contributed by atoms with Crippen LogP contribution in [0.3, 0.4) is 0 Å². The van der Waals surface area contributed by atoms with Gasteiger partial charge in [-0.2, -0.15) is 0 Å². The molecule has 0 aromatic carbocycles. The van der Waals surface area contributed by atoms with E-state index in [0.29, 0.717) is 6.10 Å². The van der Waals surface area contributed by atoms with Gasteiger partial charge in [0.05, 0.1) is 0 Å². The maximum Gasteiger partial charge on any atom is 0.186 e. The summed E-state index contributed by atoms with van der Waals surface area (Å²) in [6.07, 6.45) is 3.96. The summed E-state index contributed by atoms with van der Waals surface area (Å²) in [5.74, 6) is 2.42. The van der Waals surface area contributed by atoms with E-state index >= 15 is 0 Å². The summed E-state index contributed by atoms with van der Waals surface area (Å²) in [6, 6.07) is 0. The van der Waals surface area contributed by atoms with Gasteiger partial charge in [-0.3, -0.25) is 0 Å². The van der Waals surface area contributed by atoms with E-state index in [1.165, 1.54) is 24.3 Å².